The topological polar surface area (TPSA) is 56.2 Å². The Morgan fingerprint density at radius 2 is 1.81 bits per heavy atom. The molecule has 0 atom stereocenters. The summed E-state index contributed by atoms with van der Waals surface area (Å²) in [6.07, 6.45) is 3.13. The number of nitrogens with zero attached hydrogens (tertiary/aromatic N) is 4. The van der Waals surface area contributed by atoms with Crippen LogP contribution in [-0.2, 0) is 0 Å². The molecular formula is C19H12Cl2N4O. The molecule has 5 nitrogen and oxygen atoms in total. The minimum absolute atomic E-state index is 0.456. The van der Waals surface area contributed by atoms with E-state index in [4.69, 9.17) is 27.6 Å². The molecule has 0 saturated heterocycles. The number of rotatable bonds is 4. The molecule has 0 unspecified atom stereocenters. The predicted octanol–water partition coefficient (Wildman–Crippen LogP) is 5.39. The van der Waals surface area contributed by atoms with Crippen LogP contribution in [0.3, 0.4) is 0 Å². The van der Waals surface area contributed by atoms with Gasteiger partial charge in [-0.1, -0.05) is 59.6 Å². The smallest absolute Gasteiger partial charge is 0.184 e. The van der Waals surface area contributed by atoms with Crippen LogP contribution >= 0.6 is 23.2 Å². The fourth-order valence-corrected chi connectivity index (χ4v) is 2.87. The fourth-order valence-electron chi connectivity index (χ4n) is 2.47. The van der Waals surface area contributed by atoms with Crippen molar-refractivity contribution in [1.82, 2.24) is 14.9 Å². The summed E-state index contributed by atoms with van der Waals surface area (Å²) >= 11 is 12.3. The van der Waals surface area contributed by atoms with Crippen molar-refractivity contribution in [3.8, 4) is 22.7 Å². The first-order valence-electron chi connectivity index (χ1n) is 7.76. The van der Waals surface area contributed by atoms with E-state index in [0.717, 1.165) is 11.1 Å². The number of aromatic nitrogens is 3. The van der Waals surface area contributed by atoms with Crippen LogP contribution < -0.4 is 0 Å². The molecule has 0 fully saturated rings. The van der Waals surface area contributed by atoms with Crippen LogP contribution in [-0.4, -0.2) is 21.1 Å². The Kier molecular flexibility index (Phi) is 4.56. The summed E-state index contributed by atoms with van der Waals surface area (Å²) in [5.74, 6) is 1.83. The van der Waals surface area contributed by atoms with Crippen LogP contribution in [0.1, 0.15) is 5.76 Å². The van der Waals surface area contributed by atoms with Crippen molar-refractivity contribution in [2.24, 2.45) is 5.10 Å². The molecule has 0 N–H and O–H groups in total. The average molecular weight is 383 g/mol. The third-order valence-corrected chi connectivity index (χ3v) is 4.53. The Labute approximate surface area is 159 Å². The van der Waals surface area contributed by atoms with Gasteiger partial charge in [0.1, 0.15) is 17.8 Å². The molecule has 0 aliphatic heterocycles. The molecule has 0 bridgehead atoms. The van der Waals surface area contributed by atoms with Crippen molar-refractivity contribution in [3.05, 3.63) is 82.8 Å². The van der Waals surface area contributed by atoms with Gasteiger partial charge in [0.2, 0.25) is 0 Å². The quantitative estimate of drug-likeness (QED) is 0.444. The van der Waals surface area contributed by atoms with Crippen LogP contribution in [0, 0.1) is 0 Å². The van der Waals surface area contributed by atoms with E-state index < -0.39 is 0 Å². The van der Waals surface area contributed by atoms with Gasteiger partial charge in [-0.3, -0.25) is 0 Å². The predicted molar refractivity (Wildman–Crippen MR) is 103 cm³/mol. The van der Waals surface area contributed by atoms with Crippen LogP contribution in [0.25, 0.3) is 22.7 Å². The van der Waals surface area contributed by atoms with E-state index in [1.807, 2.05) is 54.6 Å². The highest BCUT2D eigenvalue weighted by Gasteiger charge is 2.11. The van der Waals surface area contributed by atoms with Gasteiger partial charge in [0.25, 0.3) is 0 Å². The maximum Gasteiger partial charge on any atom is 0.184 e. The van der Waals surface area contributed by atoms with Gasteiger partial charge in [0.05, 0.1) is 16.3 Å². The van der Waals surface area contributed by atoms with Crippen molar-refractivity contribution >= 4 is 29.4 Å². The van der Waals surface area contributed by atoms with Gasteiger partial charge in [0.15, 0.2) is 5.82 Å². The van der Waals surface area contributed by atoms with Crippen molar-refractivity contribution < 1.29 is 4.42 Å². The van der Waals surface area contributed by atoms with Crippen LogP contribution in [0.15, 0.2) is 76.5 Å². The third kappa shape index (κ3) is 3.27. The molecule has 26 heavy (non-hydrogen) atoms. The van der Waals surface area contributed by atoms with Crippen LogP contribution in [0.4, 0.5) is 0 Å². The van der Waals surface area contributed by atoms with E-state index in [9.17, 15) is 0 Å². The second kappa shape index (κ2) is 7.15. The van der Waals surface area contributed by atoms with E-state index in [1.165, 1.54) is 6.33 Å². The number of furan rings is 1. The molecule has 0 spiro atoms. The lowest BCUT2D eigenvalue weighted by atomic mass is 10.2. The summed E-state index contributed by atoms with van der Waals surface area (Å²) in [4.78, 5) is 0. The Hall–Kier alpha value is -2.89. The Balaban J connectivity index is 1.61. The van der Waals surface area contributed by atoms with Crippen molar-refractivity contribution in [3.63, 3.8) is 0 Å². The highest BCUT2D eigenvalue weighted by atomic mass is 35.5. The second-order valence-corrected chi connectivity index (χ2v) is 6.20. The van der Waals surface area contributed by atoms with Gasteiger partial charge in [-0.25, -0.2) is 0 Å². The molecule has 2 aromatic carbocycles. The first-order chi connectivity index (χ1) is 12.7. The molecule has 128 valence electrons. The molecule has 7 heteroatoms. The Morgan fingerprint density at radius 3 is 2.65 bits per heavy atom. The van der Waals surface area contributed by atoms with Crippen molar-refractivity contribution in [2.75, 3.05) is 0 Å². The third-order valence-electron chi connectivity index (χ3n) is 3.72. The summed E-state index contributed by atoms with van der Waals surface area (Å²) in [7, 11) is 0. The Bertz CT molecular complexity index is 1070. The average Bonchev–Trinajstić information content (AvgIpc) is 3.32. The lowest BCUT2D eigenvalue weighted by molar-refractivity contribution is 0.574. The lowest BCUT2D eigenvalue weighted by Gasteiger charge is -2.02. The van der Waals surface area contributed by atoms with Gasteiger partial charge < -0.3 is 4.42 Å². The van der Waals surface area contributed by atoms with E-state index >= 15 is 0 Å². The highest BCUT2D eigenvalue weighted by molar-refractivity contribution is 6.43. The molecule has 2 heterocycles. The van der Waals surface area contributed by atoms with E-state index in [-0.39, 0.29) is 0 Å². The minimum Gasteiger partial charge on any atom is -0.455 e. The maximum absolute atomic E-state index is 6.24. The summed E-state index contributed by atoms with van der Waals surface area (Å²) in [6.45, 7) is 0. The molecule has 0 radical (unpaired) electrons. The number of halogens is 2. The van der Waals surface area contributed by atoms with E-state index in [1.54, 1.807) is 17.0 Å². The summed E-state index contributed by atoms with van der Waals surface area (Å²) in [5, 5.41) is 13.3. The highest BCUT2D eigenvalue weighted by Crippen LogP contribution is 2.34. The monoisotopic (exact) mass is 382 g/mol. The molecule has 0 aliphatic carbocycles. The summed E-state index contributed by atoms with van der Waals surface area (Å²) < 4.78 is 7.39. The van der Waals surface area contributed by atoms with Gasteiger partial charge in [-0.2, -0.15) is 9.78 Å². The van der Waals surface area contributed by atoms with Crippen LogP contribution in [0.5, 0.6) is 0 Å². The zero-order chi connectivity index (χ0) is 17.9. The molecule has 2 aromatic heterocycles. The first kappa shape index (κ1) is 16.6. The molecule has 0 saturated carbocycles. The standard InChI is InChI=1S/C19H12Cl2N4O/c20-16-8-4-7-15(18(16)21)17-10-9-14(26-17)11-23-25-12-22-24-19(25)13-5-2-1-3-6-13/h1-12H/b23-11-. The largest absolute Gasteiger partial charge is 0.455 e. The number of benzene rings is 2. The van der Waals surface area contributed by atoms with Gasteiger partial charge in [0, 0.05) is 11.1 Å². The zero-order valence-electron chi connectivity index (χ0n) is 13.4. The van der Waals surface area contributed by atoms with Gasteiger partial charge in [-0.05, 0) is 24.3 Å². The van der Waals surface area contributed by atoms with Gasteiger partial charge >= 0.3 is 0 Å². The number of hydrogen-bond donors (Lipinski definition) is 0. The normalized spacial score (nSPS) is 11.3. The van der Waals surface area contributed by atoms with Gasteiger partial charge in [-0.15, -0.1) is 10.2 Å². The van der Waals surface area contributed by atoms with E-state index in [2.05, 4.69) is 15.3 Å². The summed E-state index contributed by atoms with van der Waals surface area (Å²) in [5.41, 5.74) is 1.65. The Morgan fingerprint density at radius 1 is 0.962 bits per heavy atom. The first-order valence-corrected chi connectivity index (χ1v) is 8.52. The van der Waals surface area contributed by atoms with Crippen molar-refractivity contribution in [2.45, 2.75) is 0 Å². The fraction of sp³-hybridized carbons (Fsp3) is 0. The molecule has 0 amide bonds. The zero-order valence-corrected chi connectivity index (χ0v) is 14.9. The molecule has 0 aliphatic rings. The molecule has 4 rings (SSSR count). The van der Waals surface area contributed by atoms with Crippen LogP contribution in [0.2, 0.25) is 10.0 Å². The minimum atomic E-state index is 0.456. The number of hydrogen-bond acceptors (Lipinski definition) is 4. The molecule has 4 aromatic rings. The summed E-state index contributed by atoms with van der Waals surface area (Å²) in [6, 6.07) is 18.7. The second-order valence-electron chi connectivity index (χ2n) is 5.41. The van der Waals surface area contributed by atoms with E-state index in [0.29, 0.717) is 27.4 Å². The van der Waals surface area contributed by atoms with Crippen molar-refractivity contribution in [1.29, 1.82) is 0 Å². The molecular weight excluding hydrogens is 371 g/mol. The SMILES string of the molecule is Clc1cccc(-c2ccc(/C=N\n3cnnc3-c3ccccc3)o2)c1Cl. The lowest BCUT2D eigenvalue weighted by Crippen LogP contribution is -1.92. The maximum atomic E-state index is 6.24.